The number of anilines is 1. The molecule has 1 aliphatic heterocycles. The lowest BCUT2D eigenvalue weighted by Gasteiger charge is -2.22. The van der Waals surface area contributed by atoms with E-state index in [1.807, 2.05) is 32.7 Å². The Morgan fingerprint density at radius 3 is 2.39 bits per heavy atom. The summed E-state index contributed by atoms with van der Waals surface area (Å²) >= 11 is 0. The van der Waals surface area contributed by atoms with Crippen molar-refractivity contribution in [3.63, 3.8) is 0 Å². The minimum absolute atomic E-state index is 0.0345. The lowest BCUT2D eigenvalue weighted by Crippen LogP contribution is -2.35. The normalized spacial score (nSPS) is 20.0. The number of benzene rings is 1. The zero-order valence-corrected chi connectivity index (χ0v) is 15.2. The number of carbonyl (C=O) groups excluding carboxylic acids is 1. The van der Waals surface area contributed by atoms with E-state index in [2.05, 4.69) is 17.4 Å². The molecule has 0 bridgehead atoms. The van der Waals surface area contributed by atoms with E-state index in [4.69, 9.17) is 0 Å². The van der Waals surface area contributed by atoms with Crippen molar-refractivity contribution in [3.05, 3.63) is 28.8 Å². The van der Waals surface area contributed by atoms with Crippen LogP contribution in [0.1, 0.15) is 29.5 Å². The Morgan fingerprint density at radius 1 is 1.26 bits per heavy atom. The molecule has 1 fully saturated rings. The van der Waals surface area contributed by atoms with Gasteiger partial charge in [0.25, 0.3) is 0 Å². The summed E-state index contributed by atoms with van der Waals surface area (Å²) in [5.74, 6) is 0.435. The first-order chi connectivity index (χ1) is 10.7. The van der Waals surface area contributed by atoms with E-state index < -0.39 is 9.84 Å². The lowest BCUT2D eigenvalue weighted by atomic mass is 10.0. The summed E-state index contributed by atoms with van der Waals surface area (Å²) < 4.78 is 23.0. The topological polar surface area (TPSA) is 66.5 Å². The first-order valence-electron chi connectivity index (χ1n) is 7.96. The molecule has 23 heavy (non-hydrogen) atoms. The van der Waals surface area contributed by atoms with Crippen LogP contribution in [0.3, 0.4) is 0 Å². The van der Waals surface area contributed by atoms with Crippen LogP contribution < -0.4 is 5.32 Å². The van der Waals surface area contributed by atoms with Crippen LogP contribution in [0.2, 0.25) is 0 Å². The van der Waals surface area contributed by atoms with Gasteiger partial charge in [0.15, 0.2) is 9.84 Å². The molecule has 1 heterocycles. The minimum Gasteiger partial charge on any atom is -0.326 e. The van der Waals surface area contributed by atoms with Gasteiger partial charge in [0.05, 0.1) is 11.5 Å². The summed E-state index contributed by atoms with van der Waals surface area (Å²) in [5.41, 5.74) is 4.18. The van der Waals surface area contributed by atoms with Crippen molar-refractivity contribution in [1.82, 2.24) is 4.90 Å². The van der Waals surface area contributed by atoms with Gasteiger partial charge in [-0.2, -0.15) is 0 Å². The summed E-state index contributed by atoms with van der Waals surface area (Å²) in [4.78, 5) is 14.2. The zero-order valence-electron chi connectivity index (χ0n) is 14.3. The second-order valence-corrected chi connectivity index (χ2v) is 8.84. The molecule has 0 aliphatic carbocycles. The minimum atomic E-state index is -2.89. The predicted octanol–water partition coefficient (Wildman–Crippen LogP) is 2.06. The average molecular weight is 338 g/mol. The van der Waals surface area contributed by atoms with E-state index in [1.54, 1.807) is 0 Å². The van der Waals surface area contributed by atoms with Gasteiger partial charge in [0.2, 0.25) is 5.91 Å². The van der Waals surface area contributed by atoms with Gasteiger partial charge >= 0.3 is 0 Å². The van der Waals surface area contributed by atoms with E-state index in [9.17, 15) is 13.2 Å². The molecule has 1 amide bonds. The first kappa shape index (κ1) is 17.9. The standard InChI is InChI=1S/C17H26N2O3S/c1-12-9-13(2)17(14(3)10-12)18-16(20)5-7-19(4)15-6-8-23(21,22)11-15/h9-10,15H,5-8,11H2,1-4H3,(H,18,20). The van der Waals surface area contributed by atoms with Crippen molar-refractivity contribution >= 4 is 21.4 Å². The molecule has 5 nitrogen and oxygen atoms in total. The van der Waals surface area contributed by atoms with E-state index in [0.717, 1.165) is 16.8 Å². The van der Waals surface area contributed by atoms with E-state index >= 15 is 0 Å². The van der Waals surface area contributed by atoms with Gasteiger partial charge in [-0.05, 0) is 45.4 Å². The molecule has 1 N–H and O–H groups in total. The Labute approximate surface area is 139 Å². The highest BCUT2D eigenvalue weighted by Gasteiger charge is 2.30. The fourth-order valence-corrected chi connectivity index (χ4v) is 4.97. The average Bonchev–Trinajstić information content (AvgIpc) is 2.80. The van der Waals surface area contributed by atoms with Crippen molar-refractivity contribution < 1.29 is 13.2 Å². The summed E-state index contributed by atoms with van der Waals surface area (Å²) in [6, 6.07) is 4.15. The number of nitrogens with zero attached hydrogens (tertiary/aromatic N) is 1. The number of aryl methyl sites for hydroxylation is 3. The molecule has 1 atom stereocenters. The fraction of sp³-hybridized carbons (Fsp3) is 0.588. The third kappa shape index (κ3) is 4.78. The van der Waals surface area contributed by atoms with Gasteiger partial charge in [-0.25, -0.2) is 8.42 Å². The first-order valence-corrected chi connectivity index (χ1v) is 9.78. The maximum Gasteiger partial charge on any atom is 0.225 e. The molecule has 0 spiro atoms. The molecule has 2 rings (SSSR count). The molecule has 0 saturated carbocycles. The van der Waals surface area contributed by atoms with Crippen LogP contribution in [-0.2, 0) is 14.6 Å². The smallest absolute Gasteiger partial charge is 0.225 e. The highest BCUT2D eigenvalue weighted by molar-refractivity contribution is 7.91. The maximum absolute atomic E-state index is 12.2. The Hall–Kier alpha value is -1.40. The second kappa shape index (κ2) is 7.01. The summed E-state index contributed by atoms with van der Waals surface area (Å²) in [6.45, 7) is 6.59. The van der Waals surface area contributed by atoms with Crippen LogP contribution in [-0.4, -0.2) is 50.4 Å². The molecule has 1 aliphatic rings. The van der Waals surface area contributed by atoms with Gasteiger partial charge in [-0.3, -0.25) is 4.79 Å². The fourth-order valence-electron chi connectivity index (χ4n) is 3.16. The van der Waals surface area contributed by atoms with Gasteiger partial charge in [0, 0.05) is 24.7 Å². The van der Waals surface area contributed by atoms with Gasteiger partial charge in [-0.1, -0.05) is 17.7 Å². The maximum atomic E-state index is 12.2. The number of nitrogens with one attached hydrogen (secondary N) is 1. The number of sulfone groups is 1. The molecule has 128 valence electrons. The Balaban J connectivity index is 1.89. The highest BCUT2D eigenvalue weighted by atomic mass is 32.2. The highest BCUT2D eigenvalue weighted by Crippen LogP contribution is 2.22. The summed E-state index contributed by atoms with van der Waals surface area (Å²) in [6.07, 6.45) is 1.02. The molecule has 1 saturated heterocycles. The van der Waals surface area contributed by atoms with Crippen molar-refractivity contribution in [2.24, 2.45) is 0 Å². The zero-order chi connectivity index (χ0) is 17.2. The molecule has 6 heteroatoms. The van der Waals surface area contributed by atoms with Gasteiger partial charge in [0.1, 0.15) is 0 Å². The number of amides is 1. The van der Waals surface area contributed by atoms with E-state index in [-0.39, 0.29) is 23.5 Å². The number of carbonyl (C=O) groups is 1. The third-order valence-electron chi connectivity index (χ3n) is 4.46. The van der Waals surface area contributed by atoms with Gasteiger partial charge < -0.3 is 10.2 Å². The Bertz CT molecular complexity index is 675. The van der Waals surface area contributed by atoms with Crippen molar-refractivity contribution in [2.45, 2.75) is 39.7 Å². The summed E-state index contributed by atoms with van der Waals surface area (Å²) in [7, 11) is -0.995. The Kier molecular flexibility index (Phi) is 5.47. The monoisotopic (exact) mass is 338 g/mol. The van der Waals surface area contributed by atoms with Crippen molar-refractivity contribution in [2.75, 3.05) is 30.4 Å². The second-order valence-electron chi connectivity index (χ2n) is 6.61. The summed E-state index contributed by atoms with van der Waals surface area (Å²) in [5, 5.41) is 2.98. The van der Waals surface area contributed by atoms with Crippen molar-refractivity contribution in [1.29, 1.82) is 0 Å². The SMILES string of the molecule is Cc1cc(C)c(NC(=O)CCN(C)C2CCS(=O)(=O)C2)c(C)c1. The number of hydrogen-bond acceptors (Lipinski definition) is 4. The molecule has 0 radical (unpaired) electrons. The quantitative estimate of drug-likeness (QED) is 0.892. The molecular formula is C17H26N2O3S. The predicted molar refractivity (Wildman–Crippen MR) is 93.6 cm³/mol. The molecule has 1 aromatic rings. The molecule has 1 aromatic carbocycles. The molecule has 1 unspecified atom stereocenters. The molecule has 0 aromatic heterocycles. The van der Waals surface area contributed by atoms with Crippen LogP contribution in [0, 0.1) is 20.8 Å². The largest absolute Gasteiger partial charge is 0.326 e. The Morgan fingerprint density at radius 2 is 1.87 bits per heavy atom. The van der Waals surface area contributed by atoms with E-state index in [0.29, 0.717) is 19.4 Å². The molecular weight excluding hydrogens is 312 g/mol. The number of hydrogen-bond donors (Lipinski definition) is 1. The van der Waals surface area contributed by atoms with Crippen LogP contribution >= 0.6 is 0 Å². The van der Waals surface area contributed by atoms with Crippen LogP contribution in [0.15, 0.2) is 12.1 Å². The van der Waals surface area contributed by atoms with Crippen LogP contribution in [0.4, 0.5) is 5.69 Å². The van der Waals surface area contributed by atoms with E-state index in [1.165, 1.54) is 5.56 Å². The van der Waals surface area contributed by atoms with Crippen LogP contribution in [0.5, 0.6) is 0 Å². The van der Waals surface area contributed by atoms with Gasteiger partial charge in [-0.15, -0.1) is 0 Å². The number of rotatable bonds is 5. The lowest BCUT2D eigenvalue weighted by molar-refractivity contribution is -0.116. The van der Waals surface area contributed by atoms with Crippen LogP contribution in [0.25, 0.3) is 0 Å². The van der Waals surface area contributed by atoms with Crippen molar-refractivity contribution in [3.8, 4) is 0 Å². The third-order valence-corrected chi connectivity index (χ3v) is 6.22.